The molecule has 1 heterocycles. The third-order valence-corrected chi connectivity index (χ3v) is 2.52. The molecule has 5 heteroatoms. The van der Waals surface area contributed by atoms with Crippen LogP contribution in [0, 0.1) is 11.6 Å². The molecule has 2 aromatic rings. The van der Waals surface area contributed by atoms with Gasteiger partial charge in [-0.1, -0.05) is 13.8 Å². The molecule has 1 aromatic heterocycles. The van der Waals surface area contributed by atoms with Gasteiger partial charge in [-0.05, 0) is 5.92 Å². The second-order valence-electron chi connectivity index (χ2n) is 4.07. The number of carbonyl (C=O) groups is 1. The van der Waals surface area contributed by atoms with E-state index in [-0.39, 0.29) is 28.2 Å². The van der Waals surface area contributed by atoms with Gasteiger partial charge in [0, 0.05) is 17.7 Å². The number of benzene rings is 1. The Morgan fingerprint density at radius 2 is 2.00 bits per heavy atom. The van der Waals surface area contributed by atoms with E-state index in [1.54, 1.807) is 13.8 Å². The van der Waals surface area contributed by atoms with Crippen LogP contribution in [0.25, 0.3) is 11.0 Å². The van der Waals surface area contributed by atoms with Gasteiger partial charge in [0.25, 0.3) is 0 Å². The summed E-state index contributed by atoms with van der Waals surface area (Å²) in [5, 5.41) is 9.01. The predicted octanol–water partition coefficient (Wildman–Crippen LogP) is 3.53. The molecule has 0 amide bonds. The number of rotatable bonds is 2. The van der Waals surface area contributed by atoms with Crippen LogP contribution in [0.5, 0.6) is 0 Å². The van der Waals surface area contributed by atoms with Crippen molar-refractivity contribution < 1.29 is 23.1 Å². The highest BCUT2D eigenvalue weighted by molar-refractivity contribution is 5.95. The van der Waals surface area contributed by atoms with E-state index in [0.29, 0.717) is 0 Å². The van der Waals surface area contributed by atoms with Crippen LogP contribution >= 0.6 is 0 Å². The van der Waals surface area contributed by atoms with Gasteiger partial charge >= 0.3 is 5.97 Å². The SMILES string of the molecule is CC(C)c1c(C(=O)O)oc2cc(F)cc(F)c12. The lowest BCUT2D eigenvalue weighted by molar-refractivity contribution is 0.0662. The summed E-state index contributed by atoms with van der Waals surface area (Å²) in [4.78, 5) is 11.0. The summed E-state index contributed by atoms with van der Waals surface area (Å²) in [6.07, 6.45) is 0. The zero-order valence-electron chi connectivity index (χ0n) is 9.25. The topological polar surface area (TPSA) is 50.4 Å². The summed E-state index contributed by atoms with van der Waals surface area (Å²) in [5.41, 5.74) is 0.175. The number of carboxylic acids is 1. The van der Waals surface area contributed by atoms with Gasteiger partial charge in [0.2, 0.25) is 5.76 Å². The minimum absolute atomic E-state index is 0.0406. The maximum Gasteiger partial charge on any atom is 0.372 e. The average Bonchev–Trinajstić information content (AvgIpc) is 2.56. The van der Waals surface area contributed by atoms with Gasteiger partial charge in [-0.25, -0.2) is 13.6 Å². The van der Waals surface area contributed by atoms with Crippen LogP contribution in [0.1, 0.15) is 35.9 Å². The van der Waals surface area contributed by atoms with Crippen molar-refractivity contribution in [1.82, 2.24) is 0 Å². The Morgan fingerprint density at radius 3 is 2.53 bits per heavy atom. The fourth-order valence-corrected chi connectivity index (χ4v) is 1.88. The molecule has 0 aliphatic carbocycles. The summed E-state index contributed by atoms with van der Waals surface area (Å²) in [5.74, 6) is -3.46. The molecule has 0 spiro atoms. The molecule has 0 radical (unpaired) electrons. The average molecular weight is 240 g/mol. The molecule has 0 aliphatic heterocycles. The highest BCUT2D eigenvalue weighted by Gasteiger charge is 2.24. The molecule has 0 saturated heterocycles. The fourth-order valence-electron chi connectivity index (χ4n) is 1.88. The molecule has 2 rings (SSSR count). The van der Waals surface area contributed by atoms with E-state index >= 15 is 0 Å². The first kappa shape index (κ1) is 11.6. The summed E-state index contributed by atoms with van der Waals surface area (Å²) >= 11 is 0. The number of hydrogen-bond acceptors (Lipinski definition) is 2. The van der Waals surface area contributed by atoms with Crippen LogP contribution < -0.4 is 0 Å². The van der Waals surface area contributed by atoms with Crippen molar-refractivity contribution in [2.75, 3.05) is 0 Å². The van der Waals surface area contributed by atoms with E-state index < -0.39 is 17.6 Å². The molecule has 0 aliphatic rings. The first-order valence-electron chi connectivity index (χ1n) is 5.06. The van der Waals surface area contributed by atoms with Crippen LogP contribution in [0.2, 0.25) is 0 Å². The Hall–Kier alpha value is -1.91. The Bertz CT molecular complexity index is 599. The Morgan fingerprint density at radius 1 is 1.35 bits per heavy atom. The minimum atomic E-state index is -1.29. The second-order valence-corrected chi connectivity index (χ2v) is 4.07. The van der Waals surface area contributed by atoms with Crippen molar-refractivity contribution in [3.8, 4) is 0 Å². The fraction of sp³-hybridized carbons (Fsp3) is 0.250. The maximum absolute atomic E-state index is 13.7. The van der Waals surface area contributed by atoms with Crippen molar-refractivity contribution in [1.29, 1.82) is 0 Å². The van der Waals surface area contributed by atoms with Crippen molar-refractivity contribution in [3.05, 3.63) is 35.1 Å². The van der Waals surface area contributed by atoms with Crippen molar-refractivity contribution in [3.63, 3.8) is 0 Å². The number of furan rings is 1. The Labute approximate surface area is 95.7 Å². The molecule has 0 fully saturated rings. The maximum atomic E-state index is 13.7. The van der Waals surface area contributed by atoms with Gasteiger partial charge < -0.3 is 9.52 Å². The van der Waals surface area contributed by atoms with E-state index in [9.17, 15) is 13.6 Å². The number of aromatic carboxylic acids is 1. The molecule has 17 heavy (non-hydrogen) atoms. The molecule has 1 N–H and O–H groups in total. The van der Waals surface area contributed by atoms with Crippen LogP contribution in [-0.2, 0) is 0 Å². The summed E-state index contributed by atoms with van der Waals surface area (Å²) in [6, 6.07) is 1.70. The monoisotopic (exact) mass is 240 g/mol. The molecular weight excluding hydrogens is 230 g/mol. The normalized spacial score (nSPS) is 11.4. The van der Waals surface area contributed by atoms with Crippen LogP contribution in [0.4, 0.5) is 8.78 Å². The van der Waals surface area contributed by atoms with E-state index in [1.165, 1.54) is 0 Å². The lowest BCUT2D eigenvalue weighted by Gasteiger charge is -2.03. The van der Waals surface area contributed by atoms with Crippen molar-refractivity contribution in [2.45, 2.75) is 19.8 Å². The summed E-state index contributed by atoms with van der Waals surface area (Å²) < 4.78 is 31.6. The van der Waals surface area contributed by atoms with Gasteiger partial charge in [0.05, 0.1) is 5.39 Å². The molecule has 3 nitrogen and oxygen atoms in total. The molecule has 0 unspecified atom stereocenters. The predicted molar refractivity (Wildman–Crippen MR) is 57.2 cm³/mol. The van der Waals surface area contributed by atoms with Gasteiger partial charge in [-0.3, -0.25) is 0 Å². The first-order chi connectivity index (χ1) is 7.91. The highest BCUT2D eigenvalue weighted by atomic mass is 19.1. The zero-order valence-corrected chi connectivity index (χ0v) is 9.25. The van der Waals surface area contributed by atoms with E-state index in [4.69, 9.17) is 9.52 Å². The Kier molecular flexibility index (Phi) is 2.61. The van der Waals surface area contributed by atoms with E-state index in [1.807, 2.05) is 0 Å². The zero-order chi connectivity index (χ0) is 12.7. The van der Waals surface area contributed by atoms with E-state index in [0.717, 1.165) is 12.1 Å². The third kappa shape index (κ3) is 1.77. The lowest BCUT2D eigenvalue weighted by Crippen LogP contribution is -2.00. The molecule has 0 atom stereocenters. The molecular formula is C12H10F2O3. The second kappa shape index (κ2) is 3.84. The number of carboxylic acid groups (broad SMARTS) is 1. The number of fused-ring (bicyclic) bond motifs is 1. The molecule has 0 bridgehead atoms. The smallest absolute Gasteiger partial charge is 0.372 e. The van der Waals surface area contributed by atoms with Crippen molar-refractivity contribution in [2.24, 2.45) is 0 Å². The van der Waals surface area contributed by atoms with Crippen molar-refractivity contribution >= 4 is 16.9 Å². The minimum Gasteiger partial charge on any atom is -0.475 e. The third-order valence-electron chi connectivity index (χ3n) is 2.52. The van der Waals surface area contributed by atoms with Crippen LogP contribution in [0.15, 0.2) is 16.5 Å². The van der Waals surface area contributed by atoms with Crippen LogP contribution in [-0.4, -0.2) is 11.1 Å². The van der Waals surface area contributed by atoms with Gasteiger partial charge in [0.1, 0.15) is 17.2 Å². The molecule has 90 valence electrons. The lowest BCUT2D eigenvalue weighted by atomic mass is 9.99. The quantitative estimate of drug-likeness (QED) is 0.873. The summed E-state index contributed by atoms with van der Waals surface area (Å²) in [6.45, 7) is 3.44. The first-order valence-corrected chi connectivity index (χ1v) is 5.06. The summed E-state index contributed by atoms with van der Waals surface area (Å²) in [7, 11) is 0. The Balaban J connectivity index is 2.90. The largest absolute Gasteiger partial charge is 0.475 e. The number of hydrogen-bond donors (Lipinski definition) is 1. The molecule has 0 saturated carbocycles. The van der Waals surface area contributed by atoms with Gasteiger partial charge in [0.15, 0.2) is 0 Å². The number of halogens is 2. The van der Waals surface area contributed by atoms with Gasteiger partial charge in [-0.15, -0.1) is 0 Å². The van der Waals surface area contributed by atoms with E-state index in [2.05, 4.69) is 0 Å². The highest BCUT2D eigenvalue weighted by Crippen LogP contribution is 2.34. The van der Waals surface area contributed by atoms with Gasteiger partial charge in [-0.2, -0.15) is 0 Å². The molecule has 1 aromatic carbocycles. The standard InChI is InChI=1S/C12H10F2O3/c1-5(2)9-10-7(14)3-6(13)4-8(10)17-11(9)12(15)16/h3-5H,1-2H3,(H,15,16). The van der Waals surface area contributed by atoms with Crippen LogP contribution in [0.3, 0.4) is 0 Å².